The Hall–Kier alpha value is -3.22. The molecule has 0 fully saturated rings. The van der Waals surface area contributed by atoms with Crippen molar-refractivity contribution in [2.24, 2.45) is 10.3 Å². The molecule has 0 heterocycles. The topological polar surface area (TPSA) is 89.4 Å². The van der Waals surface area contributed by atoms with Crippen molar-refractivity contribution in [2.45, 2.75) is 6.92 Å². The molecule has 0 aromatic heterocycles. The van der Waals surface area contributed by atoms with Crippen LogP contribution in [0.25, 0.3) is 0 Å². The van der Waals surface area contributed by atoms with Gasteiger partial charge in [-0.3, -0.25) is 5.43 Å². The quantitative estimate of drug-likeness (QED) is 0.495. The van der Waals surface area contributed by atoms with Crippen LogP contribution in [0, 0.1) is 0 Å². The highest BCUT2D eigenvalue weighted by atomic mass is 16.5. The molecule has 0 aliphatic heterocycles. The van der Waals surface area contributed by atoms with Gasteiger partial charge in [0.1, 0.15) is 0 Å². The molecular formula is C17H17N3O4. The van der Waals surface area contributed by atoms with Crippen molar-refractivity contribution in [2.75, 3.05) is 19.1 Å². The number of methoxy groups -OCH3 is 1. The van der Waals surface area contributed by atoms with Crippen LogP contribution in [0.15, 0.2) is 58.9 Å². The van der Waals surface area contributed by atoms with Gasteiger partial charge >= 0.3 is 11.9 Å². The largest absolute Gasteiger partial charge is 0.465 e. The summed E-state index contributed by atoms with van der Waals surface area (Å²) in [6.45, 7) is 2.09. The van der Waals surface area contributed by atoms with Gasteiger partial charge in [-0.1, -0.05) is 5.22 Å². The van der Waals surface area contributed by atoms with Crippen molar-refractivity contribution in [1.29, 1.82) is 0 Å². The summed E-state index contributed by atoms with van der Waals surface area (Å²) < 4.78 is 9.53. The van der Waals surface area contributed by atoms with Gasteiger partial charge in [-0.2, -0.15) is 0 Å². The van der Waals surface area contributed by atoms with Gasteiger partial charge in [-0.15, -0.1) is 5.11 Å². The first-order chi connectivity index (χ1) is 11.6. The van der Waals surface area contributed by atoms with Crippen molar-refractivity contribution in [3.05, 3.63) is 59.7 Å². The molecule has 0 saturated heterocycles. The molecule has 0 aliphatic rings. The molecule has 0 saturated carbocycles. The van der Waals surface area contributed by atoms with Crippen LogP contribution in [0.5, 0.6) is 0 Å². The molecule has 7 nitrogen and oxygen atoms in total. The highest BCUT2D eigenvalue weighted by Crippen LogP contribution is 2.15. The maximum absolute atomic E-state index is 11.5. The number of nitrogens with one attached hydrogen (secondary N) is 1. The molecule has 2 rings (SSSR count). The number of rotatable bonds is 6. The Labute approximate surface area is 139 Å². The van der Waals surface area contributed by atoms with E-state index >= 15 is 0 Å². The molecule has 0 amide bonds. The first-order valence-corrected chi connectivity index (χ1v) is 7.26. The number of carbonyl (C=O) groups is 2. The van der Waals surface area contributed by atoms with E-state index in [1.54, 1.807) is 55.5 Å². The summed E-state index contributed by atoms with van der Waals surface area (Å²) in [6, 6.07) is 13.2. The Morgan fingerprint density at radius 2 is 1.54 bits per heavy atom. The van der Waals surface area contributed by atoms with Gasteiger partial charge in [0.05, 0.1) is 36.2 Å². The molecule has 0 aliphatic carbocycles. The average molecular weight is 327 g/mol. The lowest BCUT2D eigenvalue weighted by Crippen LogP contribution is -2.04. The Bertz CT molecular complexity index is 725. The Balaban J connectivity index is 1.94. The monoisotopic (exact) mass is 327 g/mol. The Morgan fingerprint density at radius 1 is 0.958 bits per heavy atom. The first kappa shape index (κ1) is 17.1. The molecule has 0 unspecified atom stereocenters. The van der Waals surface area contributed by atoms with Gasteiger partial charge in [0.15, 0.2) is 0 Å². The number of hydrogen-bond donors (Lipinski definition) is 1. The molecule has 0 bridgehead atoms. The van der Waals surface area contributed by atoms with E-state index in [9.17, 15) is 9.59 Å². The highest BCUT2D eigenvalue weighted by molar-refractivity contribution is 5.90. The number of carbonyl (C=O) groups excluding carboxylic acids is 2. The van der Waals surface area contributed by atoms with Gasteiger partial charge in [-0.25, -0.2) is 9.59 Å². The summed E-state index contributed by atoms with van der Waals surface area (Å²) in [6.07, 6.45) is 0. The van der Waals surface area contributed by atoms with Crippen molar-refractivity contribution >= 4 is 23.3 Å². The van der Waals surface area contributed by atoms with Crippen LogP contribution in [-0.2, 0) is 9.47 Å². The number of ether oxygens (including phenoxy) is 2. The smallest absolute Gasteiger partial charge is 0.338 e. The number of esters is 2. The van der Waals surface area contributed by atoms with Gasteiger partial charge in [0.25, 0.3) is 0 Å². The summed E-state index contributed by atoms with van der Waals surface area (Å²) in [5.74, 6) is -0.769. The summed E-state index contributed by atoms with van der Waals surface area (Å²) in [5.41, 5.74) is 4.93. The summed E-state index contributed by atoms with van der Waals surface area (Å²) in [5, 5.41) is 7.84. The zero-order valence-electron chi connectivity index (χ0n) is 13.4. The van der Waals surface area contributed by atoms with Crippen LogP contribution in [0.1, 0.15) is 27.6 Å². The van der Waals surface area contributed by atoms with Crippen molar-refractivity contribution in [1.82, 2.24) is 0 Å². The highest BCUT2D eigenvalue weighted by Gasteiger charge is 2.05. The van der Waals surface area contributed by atoms with E-state index in [0.717, 1.165) is 0 Å². The maximum atomic E-state index is 11.5. The third kappa shape index (κ3) is 4.64. The Kier molecular flexibility index (Phi) is 6.01. The number of benzene rings is 2. The molecule has 0 spiro atoms. The van der Waals surface area contributed by atoms with Crippen LogP contribution in [-0.4, -0.2) is 25.7 Å². The fourth-order valence-corrected chi connectivity index (χ4v) is 1.82. The van der Waals surface area contributed by atoms with Gasteiger partial charge in [-0.05, 0) is 55.5 Å². The predicted octanol–water partition coefficient (Wildman–Crippen LogP) is 3.76. The van der Waals surface area contributed by atoms with Gasteiger partial charge in [0, 0.05) is 0 Å². The standard InChI is InChI=1S/C17H17N3O4/c1-3-24-17(22)13-6-10-15(11-7-13)19-20-18-14-8-4-12(5-9-14)16(21)23-2/h4-11H,3H2,1-2H3,(H,18,19). The third-order valence-corrected chi connectivity index (χ3v) is 3.03. The minimum atomic E-state index is -0.404. The van der Waals surface area contributed by atoms with E-state index in [4.69, 9.17) is 4.74 Å². The second kappa shape index (κ2) is 8.42. The van der Waals surface area contributed by atoms with Crippen molar-refractivity contribution in [3.63, 3.8) is 0 Å². The van der Waals surface area contributed by atoms with Crippen molar-refractivity contribution in [3.8, 4) is 0 Å². The van der Waals surface area contributed by atoms with E-state index in [0.29, 0.717) is 29.1 Å². The Morgan fingerprint density at radius 3 is 2.12 bits per heavy atom. The van der Waals surface area contributed by atoms with Gasteiger partial charge < -0.3 is 9.47 Å². The summed E-state index contributed by atoms with van der Waals surface area (Å²) in [7, 11) is 1.33. The molecule has 2 aromatic carbocycles. The molecular weight excluding hydrogens is 310 g/mol. The lowest BCUT2D eigenvalue weighted by atomic mass is 10.2. The van der Waals surface area contributed by atoms with Crippen LogP contribution in [0.4, 0.5) is 11.4 Å². The minimum Gasteiger partial charge on any atom is -0.465 e. The number of nitrogens with zero attached hydrogens (tertiary/aromatic N) is 2. The normalized spacial score (nSPS) is 10.4. The van der Waals surface area contributed by atoms with E-state index in [1.807, 2.05) is 0 Å². The lowest BCUT2D eigenvalue weighted by Gasteiger charge is -2.03. The minimum absolute atomic E-state index is 0.335. The van der Waals surface area contributed by atoms with E-state index in [2.05, 4.69) is 20.5 Å². The second-order valence-electron chi connectivity index (χ2n) is 4.65. The van der Waals surface area contributed by atoms with Crippen LogP contribution < -0.4 is 5.43 Å². The molecule has 24 heavy (non-hydrogen) atoms. The van der Waals surface area contributed by atoms with Crippen LogP contribution >= 0.6 is 0 Å². The van der Waals surface area contributed by atoms with E-state index < -0.39 is 5.97 Å². The first-order valence-electron chi connectivity index (χ1n) is 7.26. The second-order valence-corrected chi connectivity index (χ2v) is 4.65. The average Bonchev–Trinajstić information content (AvgIpc) is 2.62. The zero-order valence-corrected chi connectivity index (χ0v) is 13.4. The van der Waals surface area contributed by atoms with Crippen molar-refractivity contribution < 1.29 is 19.1 Å². The van der Waals surface area contributed by atoms with E-state index in [1.165, 1.54) is 7.11 Å². The molecule has 7 heteroatoms. The molecule has 0 radical (unpaired) electrons. The van der Waals surface area contributed by atoms with Crippen LogP contribution in [0.3, 0.4) is 0 Å². The summed E-state index contributed by atoms with van der Waals surface area (Å²) >= 11 is 0. The SMILES string of the molecule is CCOC(=O)c1ccc(NN=Nc2ccc(C(=O)OC)cc2)cc1. The predicted molar refractivity (Wildman–Crippen MR) is 88.3 cm³/mol. The fourth-order valence-electron chi connectivity index (χ4n) is 1.82. The maximum Gasteiger partial charge on any atom is 0.338 e. The van der Waals surface area contributed by atoms with Crippen LogP contribution in [0.2, 0.25) is 0 Å². The number of hydrogen-bond acceptors (Lipinski definition) is 6. The molecule has 124 valence electrons. The molecule has 0 atom stereocenters. The number of anilines is 1. The zero-order chi connectivity index (χ0) is 17.4. The lowest BCUT2D eigenvalue weighted by molar-refractivity contribution is 0.0525. The molecule has 1 N–H and O–H groups in total. The third-order valence-electron chi connectivity index (χ3n) is 3.03. The molecule has 2 aromatic rings. The summed E-state index contributed by atoms with van der Waals surface area (Å²) in [4.78, 5) is 22.9. The van der Waals surface area contributed by atoms with E-state index in [-0.39, 0.29) is 5.97 Å². The fraction of sp³-hybridized carbons (Fsp3) is 0.176. The van der Waals surface area contributed by atoms with Gasteiger partial charge in [0.2, 0.25) is 0 Å².